The van der Waals surface area contributed by atoms with Crippen LogP contribution in [0.25, 0.3) is 0 Å². The molecule has 0 aliphatic carbocycles. The monoisotopic (exact) mass is 270 g/mol. The number of aromatic nitrogens is 1. The first-order chi connectivity index (χ1) is 9.69. The molecule has 1 aromatic carbocycles. The fourth-order valence-corrected chi connectivity index (χ4v) is 1.93. The molecule has 0 bridgehead atoms. The number of ether oxygens (including phenoxy) is 1. The molecule has 0 atom stereocenters. The predicted octanol–water partition coefficient (Wildman–Crippen LogP) is 4.10. The van der Waals surface area contributed by atoms with Gasteiger partial charge in [-0.05, 0) is 49.6 Å². The Morgan fingerprint density at radius 2 is 2.00 bits per heavy atom. The van der Waals surface area contributed by atoms with Crippen LogP contribution < -0.4 is 10.1 Å². The fraction of sp³-hybridized carbons (Fsp3) is 0.353. The maximum atomic E-state index is 5.87. The standard InChI is InChI=1S/C17H22N2O/c1-4-10-18-17-7-5-6-15(19-17)12-20-16-11-13(2)8-9-14(16)3/h5-9,11H,4,10,12H2,1-3H3,(H,18,19). The van der Waals surface area contributed by atoms with Crippen LogP contribution in [0.3, 0.4) is 0 Å². The number of benzene rings is 1. The van der Waals surface area contributed by atoms with Crippen molar-refractivity contribution in [2.45, 2.75) is 33.8 Å². The number of nitrogens with one attached hydrogen (secondary N) is 1. The average Bonchev–Trinajstić information content (AvgIpc) is 2.46. The summed E-state index contributed by atoms with van der Waals surface area (Å²) in [6.07, 6.45) is 1.09. The molecule has 0 unspecified atom stereocenters. The van der Waals surface area contributed by atoms with Crippen molar-refractivity contribution in [3.8, 4) is 5.75 Å². The van der Waals surface area contributed by atoms with E-state index in [9.17, 15) is 0 Å². The quantitative estimate of drug-likeness (QED) is 0.858. The number of hydrogen-bond donors (Lipinski definition) is 1. The molecule has 0 fully saturated rings. The number of anilines is 1. The van der Waals surface area contributed by atoms with Crippen LogP contribution in [-0.4, -0.2) is 11.5 Å². The summed E-state index contributed by atoms with van der Waals surface area (Å²) in [6, 6.07) is 12.2. The number of aryl methyl sites for hydroxylation is 2. The van der Waals surface area contributed by atoms with Crippen molar-refractivity contribution in [3.05, 3.63) is 53.2 Å². The van der Waals surface area contributed by atoms with Gasteiger partial charge in [-0.1, -0.05) is 25.1 Å². The largest absolute Gasteiger partial charge is 0.487 e. The van der Waals surface area contributed by atoms with Crippen molar-refractivity contribution in [2.75, 3.05) is 11.9 Å². The summed E-state index contributed by atoms with van der Waals surface area (Å²) in [5, 5.41) is 3.29. The van der Waals surface area contributed by atoms with E-state index in [2.05, 4.69) is 49.3 Å². The zero-order chi connectivity index (χ0) is 14.4. The first-order valence-electron chi connectivity index (χ1n) is 7.09. The molecule has 3 heteroatoms. The van der Waals surface area contributed by atoms with Gasteiger partial charge in [0.25, 0.3) is 0 Å². The SMILES string of the molecule is CCCNc1cccc(COc2cc(C)ccc2C)n1. The minimum Gasteiger partial charge on any atom is -0.487 e. The van der Waals surface area contributed by atoms with Crippen LogP contribution in [0.1, 0.15) is 30.2 Å². The molecule has 0 spiro atoms. The van der Waals surface area contributed by atoms with E-state index in [-0.39, 0.29) is 0 Å². The average molecular weight is 270 g/mol. The Bertz CT molecular complexity index is 567. The maximum absolute atomic E-state index is 5.87. The van der Waals surface area contributed by atoms with E-state index >= 15 is 0 Å². The lowest BCUT2D eigenvalue weighted by Gasteiger charge is -2.10. The first kappa shape index (κ1) is 14.4. The van der Waals surface area contributed by atoms with E-state index in [1.54, 1.807) is 0 Å². The molecule has 1 aromatic heterocycles. The Kier molecular flexibility index (Phi) is 4.99. The highest BCUT2D eigenvalue weighted by molar-refractivity contribution is 5.37. The Hall–Kier alpha value is -2.03. The van der Waals surface area contributed by atoms with Crippen molar-refractivity contribution in [3.63, 3.8) is 0 Å². The molecule has 106 valence electrons. The summed E-state index contributed by atoms with van der Waals surface area (Å²) >= 11 is 0. The molecule has 2 aromatic rings. The second-order valence-corrected chi connectivity index (χ2v) is 5.00. The molecule has 0 saturated carbocycles. The number of nitrogens with zero attached hydrogens (tertiary/aromatic N) is 1. The van der Waals surface area contributed by atoms with Crippen LogP contribution in [0.4, 0.5) is 5.82 Å². The van der Waals surface area contributed by atoms with Crippen molar-refractivity contribution in [1.29, 1.82) is 0 Å². The van der Waals surface area contributed by atoms with Crippen molar-refractivity contribution in [1.82, 2.24) is 4.98 Å². The molecular weight excluding hydrogens is 248 g/mol. The highest BCUT2D eigenvalue weighted by atomic mass is 16.5. The summed E-state index contributed by atoms with van der Waals surface area (Å²) in [4.78, 5) is 4.54. The van der Waals surface area contributed by atoms with Gasteiger partial charge in [-0.25, -0.2) is 4.98 Å². The van der Waals surface area contributed by atoms with Gasteiger partial charge in [-0.3, -0.25) is 0 Å². The third kappa shape index (κ3) is 3.98. The minimum absolute atomic E-state index is 0.492. The fourth-order valence-electron chi connectivity index (χ4n) is 1.93. The number of pyridine rings is 1. The summed E-state index contributed by atoms with van der Waals surface area (Å²) in [5.74, 6) is 1.84. The second kappa shape index (κ2) is 6.94. The van der Waals surface area contributed by atoms with E-state index in [1.807, 2.05) is 18.2 Å². The molecule has 0 aliphatic rings. The molecule has 3 nitrogen and oxygen atoms in total. The molecule has 0 radical (unpaired) electrons. The summed E-state index contributed by atoms with van der Waals surface area (Å²) < 4.78 is 5.87. The van der Waals surface area contributed by atoms with Gasteiger partial charge in [0.15, 0.2) is 0 Å². The third-order valence-corrected chi connectivity index (χ3v) is 3.08. The molecule has 1 N–H and O–H groups in total. The van der Waals surface area contributed by atoms with Crippen LogP contribution in [0.2, 0.25) is 0 Å². The summed E-state index contributed by atoms with van der Waals surface area (Å²) in [6.45, 7) is 7.70. The minimum atomic E-state index is 0.492. The van der Waals surface area contributed by atoms with Crippen molar-refractivity contribution >= 4 is 5.82 Å². The smallest absolute Gasteiger partial charge is 0.130 e. The van der Waals surface area contributed by atoms with Crippen LogP contribution in [0, 0.1) is 13.8 Å². The Balaban J connectivity index is 2.01. The molecular formula is C17H22N2O. The lowest BCUT2D eigenvalue weighted by Crippen LogP contribution is -2.05. The third-order valence-electron chi connectivity index (χ3n) is 3.08. The van der Waals surface area contributed by atoms with E-state index in [1.165, 1.54) is 5.56 Å². The Labute approximate surface area is 121 Å². The molecule has 2 rings (SSSR count). The topological polar surface area (TPSA) is 34.1 Å². The van der Waals surface area contributed by atoms with Gasteiger partial charge in [0.2, 0.25) is 0 Å². The van der Waals surface area contributed by atoms with Crippen molar-refractivity contribution < 1.29 is 4.74 Å². The van der Waals surface area contributed by atoms with E-state index < -0.39 is 0 Å². The molecule has 0 amide bonds. The zero-order valence-corrected chi connectivity index (χ0v) is 12.4. The lowest BCUT2D eigenvalue weighted by atomic mass is 10.1. The molecule has 0 saturated heterocycles. The summed E-state index contributed by atoms with van der Waals surface area (Å²) in [7, 11) is 0. The molecule has 0 aliphatic heterocycles. The lowest BCUT2D eigenvalue weighted by molar-refractivity contribution is 0.299. The van der Waals surface area contributed by atoms with Crippen LogP contribution in [0.5, 0.6) is 5.75 Å². The van der Waals surface area contributed by atoms with Gasteiger partial charge in [0, 0.05) is 6.54 Å². The van der Waals surface area contributed by atoms with Gasteiger partial charge in [-0.2, -0.15) is 0 Å². The van der Waals surface area contributed by atoms with Crippen LogP contribution in [0.15, 0.2) is 36.4 Å². The van der Waals surface area contributed by atoms with Gasteiger partial charge in [0.05, 0.1) is 5.69 Å². The van der Waals surface area contributed by atoms with Gasteiger partial charge in [-0.15, -0.1) is 0 Å². The van der Waals surface area contributed by atoms with Crippen molar-refractivity contribution in [2.24, 2.45) is 0 Å². The maximum Gasteiger partial charge on any atom is 0.130 e. The van der Waals surface area contributed by atoms with Crippen LogP contribution >= 0.6 is 0 Å². The zero-order valence-electron chi connectivity index (χ0n) is 12.4. The second-order valence-electron chi connectivity index (χ2n) is 5.00. The predicted molar refractivity (Wildman–Crippen MR) is 83.3 cm³/mol. The Morgan fingerprint density at radius 3 is 2.80 bits per heavy atom. The normalized spacial score (nSPS) is 10.3. The van der Waals surface area contributed by atoms with Gasteiger partial charge < -0.3 is 10.1 Å². The highest BCUT2D eigenvalue weighted by Gasteiger charge is 2.02. The van der Waals surface area contributed by atoms with E-state index in [0.717, 1.165) is 35.8 Å². The van der Waals surface area contributed by atoms with Crippen LogP contribution in [-0.2, 0) is 6.61 Å². The number of hydrogen-bond acceptors (Lipinski definition) is 3. The first-order valence-corrected chi connectivity index (χ1v) is 7.09. The number of rotatable bonds is 6. The van der Waals surface area contributed by atoms with Gasteiger partial charge >= 0.3 is 0 Å². The summed E-state index contributed by atoms with van der Waals surface area (Å²) in [5.41, 5.74) is 3.29. The highest BCUT2D eigenvalue weighted by Crippen LogP contribution is 2.20. The van der Waals surface area contributed by atoms with E-state index in [0.29, 0.717) is 6.61 Å². The molecule has 20 heavy (non-hydrogen) atoms. The molecule has 1 heterocycles. The van der Waals surface area contributed by atoms with Gasteiger partial charge in [0.1, 0.15) is 18.2 Å². The van der Waals surface area contributed by atoms with E-state index in [4.69, 9.17) is 4.74 Å². The Morgan fingerprint density at radius 1 is 1.15 bits per heavy atom.